The van der Waals surface area contributed by atoms with Crippen LogP contribution in [0.5, 0.6) is 0 Å². The fourth-order valence-electron chi connectivity index (χ4n) is 0.272. The van der Waals surface area contributed by atoms with E-state index in [0.29, 0.717) is 5.92 Å². The summed E-state index contributed by atoms with van der Waals surface area (Å²) >= 11 is 0. The van der Waals surface area contributed by atoms with E-state index in [1.54, 1.807) is 6.08 Å². The molecule has 0 aliphatic heterocycles. The Bertz CT molecular complexity index is 61.5. The van der Waals surface area contributed by atoms with Gasteiger partial charge in [0.2, 0.25) is 0 Å². The Morgan fingerprint density at radius 2 is 1.88 bits per heavy atom. The molecule has 0 aromatic rings. The van der Waals surface area contributed by atoms with Crippen LogP contribution in [0.1, 0.15) is 13.8 Å². The normalized spacial score (nSPS) is 12.5. The number of hydrogen-bond donors (Lipinski definition) is 1. The Labute approximate surface area is 57.4 Å². The summed E-state index contributed by atoms with van der Waals surface area (Å²) in [4.78, 5) is 0. The fourth-order valence-corrected chi connectivity index (χ4v) is 0.272. The SMILES string of the molecule is C=CC(N)C(C)C.Cl. The average molecular weight is 136 g/mol. The molecule has 0 saturated heterocycles. The number of rotatable bonds is 2. The van der Waals surface area contributed by atoms with E-state index in [1.807, 2.05) is 0 Å². The third kappa shape index (κ3) is 4.16. The van der Waals surface area contributed by atoms with Crippen molar-refractivity contribution in [3.05, 3.63) is 12.7 Å². The van der Waals surface area contributed by atoms with Crippen molar-refractivity contribution in [2.45, 2.75) is 19.9 Å². The van der Waals surface area contributed by atoms with E-state index in [0.717, 1.165) is 0 Å². The summed E-state index contributed by atoms with van der Waals surface area (Å²) in [5.74, 6) is 0.525. The van der Waals surface area contributed by atoms with E-state index in [4.69, 9.17) is 5.73 Å². The zero-order chi connectivity index (χ0) is 5.86. The Hall–Kier alpha value is -0.0100. The maximum Gasteiger partial charge on any atom is 0.0244 e. The summed E-state index contributed by atoms with van der Waals surface area (Å²) < 4.78 is 0. The first-order valence-electron chi connectivity index (χ1n) is 2.56. The number of halogens is 1. The van der Waals surface area contributed by atoms with Crippen molar-refractivity contribution in [2.24, 2.45) is 11.7 Å². The van der Waals surface area contributed by atoms with E-state index in [9.17, 15) is 0 Å². The van der Waals surface area contributed by atoms with Crippen LogP contribution in [0.2, 0.25) is 0 Å². The Morgan fingerprint density at radius 1 is 1.50 bits per heavy atom. The standard InChI is InChI=1S/C6H13N.ClH/c1-4-6(7)5(2)3;/h4-6H,1,7H2,2-3H3;1H. The van der Waals surface area contributed by atoms with Gasteiger partial charge >= 0.3 is 0 Å². The molecule has 0 fully saturated rings. The molecular formula is C6H14ClN. The molecule has 1 unspecified atom stereocenters. The maximum atomic E-state index is 5.50. The second-order valence-corrected chi connectivity index (χ2v) is 2.06. The van der Waals surface area contributed by atoms with Crippen molar-refractivity contribution < 1.29 is 0 Å². The molecule has 0 spiro atoms. The highest BCUT2D eigenvalue weighted by Crippen LogP contribution is 1.96. The van der Waals surface area contributed by atoms with Crippen LogP contribution in [0.25, 0.3) is 0 Å². The predicted molar refractivity (Wildman–Crippen MR) is 40.3 cm³/mol. The zero-order valence-corrected chi connectivity index (χ0v) is 6.24. The molecule has 0 aromatic carbocycles. The van der Waals surface area contributed by atoms with Crippen molar-refractivity contribution in [3.8, 4) is 0 Å². The molecule has 0 aliphatic carbocycles. The van der Waals surface area contributed by atoms with Crippen LogP contribution in [-0.4, -0.2) is 6.04 Å². The van der Waals surface area contributed by atoms with Crippen LogP contribution in [0.15, 0.2) is 12.7 Å². The highest BCUT2D eigenvalue weighted by atomic mass is 35.5. The first kappa shape index (κ1) is 10.9. The van der Waals surface area contributed by atoms with Gasteiger partial charge in [-0.2, -0.15) is 0 Å². The van der Waals surface area contributed by atoms with Crippen molar-refractivity contribution in [1.82, 2.24) is 0 Å². The summed E-state index contributed by atoms with van der Waals surface area (Å²) in [6, 6.07) is 0.167. The molecule has 1 nitrogen and oxygen atoms in total. The van der Waals surface area contributed by atoms with Crippen molar-refractivity contribution in [3.63, 3.8) is 0 Å². The lowest BCUT2D eigenvalue weighted by Gasteiger charge is -2.07. The zero-order valence-electron chi connectivity index (χ0n) is 5.42. The smallest absolute Gasteiger partial charge is 0.0244 e. The van der Waals surface area contributed by atoms with Gasteiger partial charge in [0.15, 0.2) is 0 Å². The Kier molecular flexibility index (Phi) is 6.98. The van der Waals surface area contributed by atoms with Gasteiger partial charge in [0.1, 0.15) is 0 Å². The van der Waals surface area contributed by atoms with Gasteiger partial charge in [-0.25, -0.2) is 0 Å². The average Bonchev–Trinajstić information content (AvgIpc) is 1.65. The highest BCUT2D eigenvalue weighted by molar-refractivity contribution is 5.85. The van der Waals surface area contributed by atoms with Gasteiger partial charge in [-0.1, -0.05) is 19.9 Å². The van der Waals surface area contributed by atoms with Gasteiger partial charge in [0.25, 0.3) is 0 Å². The molecule has 8 heavy (non-hydrogen) atoms. The van der Waals surface area contributed by atoms with Crippen LogP contribution < -0.4 is 5.73 Å². The quantitative estimate of drug-likeness (QED) is 0.572. The molecule has 0 rings (SSSR count). The second-order valence-electron chi connectivity index (χ2n) is 2.06. The molecule has 0 amide bonds. The Balaban J connectivity index is 0. The van der Waals surface area contributed by atoms with Gasteiger partial charge in [-0.05, 0) is 5.92 Å². The first-order chi connectivity index (χ1) is 3.18. The lowest BCUT2D eigenvalue weighted by molar-refractivity contribution is 0.572. The highest BCUT2D eigenvalue weighted by Gasteiger charge is 1.98. The van der Waals surface area contributed by atoms with Gasteiger partial charge in [0, 0.05) is 6.04 Å². The van der Waals surface area contributed by atoms with Gasteiger partial charge in [-0.3, -0.25) is 0 Å². The van der Waals surface area contributed by atoms with Crippen LogP contribution in [-0.2, 0) is 0 Å². The molecule has 1 atom stereocenters. The monoisotopic (exact) mass is 135 g/mol. The molecular weight excluding hydrogens is 122 g/mol. The molecule has 0 bridgehead atoms. The van der Waals surface area contributed by atoms with Crippen molar-refractivity contribution in [2.75, 3.05) is 0 Å². The van der Waals surface area contributed by atoms with Crippen molar-refractivity contribution >= 4 is 12.4 Å². The van der Waals surface area contributed by atoms with Crippen LogP contribution in [0, 0.1) is 5.92 Å². The second kappa shape index (κ2) is 5.13. The molecule has 0 saturated carbocycles. The third-order valence-electron chi connectivity index (χ3n) is 1.04. The summed E-state index contributed by atoms with van der Waals surface area (Å²) in [7, 11) is 0. The minimum absolute atomic E-state index is 0. The molecule has 2 N–H and O–H groups in total. The lowest BCUT2D eigenvalue weighted by Crippen LogP contribution is -2.22. The van der Waals surface area contributed by atoms with Crippen LogP contribution in [0.3, 0.4) is 0 Å². The van der Waals surface area contributed by atoms with Crippen LogP contribution >= 0.6 is 12.4 Å². The van der Waals surface area contributed by atoms with E-state index >= 15 is 0 Å². The first-order valence-corrected chi connectivity index (χ1v) is 2.56. The molecule has 0 radical (unpaired) electrons. The van der Waals surface area contributed by atoms with Gasteiger partial charge < -0.3 is 5.73 Å². The van der Waals surface area contributed by atoms with Crippen molar-refractivity contribution in [1.29, 1.82) is 0 Å². The third-order valence-corrected chi connectivity index (χ3v) is 1.04. The molecule has 0 aliphatic rings. The fraction of sp³-hybridized carbons (Fsp3) is 0.667. The summed E-state index contributed by atoms with van der Waals surface area (Å²) in [5.41, 5.74) is 5.50. The number of hydrogen-bond acceptors (Lipinski definition) is 1. The summed E-state index contributed by atoms with van der Waals surface area (Å²) in [6.45, 7) is 7.71. The topological polar surface area (TPSA) is 26.0 Å². The Morgan fingerprint density at radius 3 is 1.88 bits per heavy atom. The predicted octanol–water partition coefficient (Wildman–Crippen LogP) is 1.58. The van der Waals surface area contributed by atoms with Crippen LogP contribution in [0.4, 0.5) is 0 Å². The number of nitrogens with two attached hydrogens (primary N) is 1. The molecule has 0 heterocycles. The summed E-state index contributed by atoms with van der Waals surface area (Å²) in [6.07, 6.45) is 1.77. The molecule has 2 heteroatoms. The minimum atomic E-state index is 0. The summed E-state index contributed by atoms with van der Waals surface area (Å²) in [5, 5.41) is 0. The van der Waals surface area contributed by atoms with Gasteiger partial charge in [-0.15, -0.1) is 19.0 Å². The largest absolute Gasteiger partial charge is 0.324 e. The minimum Gasteiger partial charge on any atom is -0.324 e. The lowest BCUT2D eigenvalue weighted by atomic mass is 10.1. The van der Waals surface area contributed by atoms with E-state index in [-0.39, 0.29) is 18.4 Å². The molecule has 50 valence electrons. The van der Waals surface area contributed by atoms with E-state index in [2.05, 4.69) is 20.4 Å². The van der Waals surface area contributed by atoms with E-state index in [1.165, 1.54) is 0 Å². The van der Waals surface area contributed by atoms with E-state index < -0.39 is 0 Å². The van der Waals surface area contributed by atoms with Gasteiger partial charge in [0.05, 0.1) is 0 Å². The maximum absolute atomic E-state index is 5.50. The molecule has 0 aromatic heterocycles.